The molecular formula is C27H23F3N2O4. The predicted octanol–water partition coefficient (Wildman–Crippen LogP) is 4.83. The molecule has 4 rings (SSSR count). The van der Waals surface area contributed by atoms with Gasteiger partial charge in [0.2, 0.25) is 5.91 Å². The van der Waals surface area contributed by atoms with Crippen molar-refractivity contribution in [3.05, 3.63) is 90.0 Å². The lowest BCUT2D eigenvalue weighted by atomic mass is 10.0. The van der Waals surface area contributed by atoms with E-state index in [1.165, 1.54) is 6.07 Å². The van der Waals surface area contributed by atoms with Gasteiger partial charge in [0.1, 0.15) is 18.5 Å². The summed E-state index contributed by atoms with van der Waals surface area (Å²) in [7, 11) is 0. The van der Waals surface area contributed by atoms with Crippen LogP contribution in [0.4, 0.5) is 18.9 Å². The molecule has 6 nitrogen and oxygen atoms in total. The summed E-state index contributed by atoms with van der Waals surface area (Å²) < 4.78 is 44.8. The zero-order chi connectivity index (χ0) is 25.7. The third-order valence-electron chi connectivity index (χ3n) is 5.41. The number of benzene rings is 3. The molecule has 0 spiro atoms. The normalized spacial score (nSPS) is 12.4. The fourth-order valence-corrected chi connectivity index (χ4v) is 3.65. The van der Waals surface area contributed by atoms with E-state index in [1.54, 1.807) is 54.6 Å². The zero-order valence-corrected chi connectivity index (χ0v) is 19.0. The highest BCUT2D eigenvalue weighted by atomic mass is 19.4. The highest BCUT2D eigenvalue weighted by Crippen LogP contribution is 2.32. The second kappa shape index (κ2) is 10.8. The number of halogens is 3. The second-order valence-electron chi connectivity index (χ2n) is 8.16. The van der Waals surface area contributed by atoms with Gasteiger partial charge in [-0.3, -0.25) is 4.79 Å². The summed E-state index contributed by atoms with van der Waals surface area (Å²) in [4.78, 5) is 17.4. The molecule has 186 valence electrons. The van der Waals surface area contributed by atoms with Crippen LogP contribution in [0, 0.1) is 0 Å². The zero-order valence-electron chi connectivity index (χ0n) is 19.0. The van der Waals surface area contributed by atoms with Gasteiger partial charge < -0.3 is 20.3 Å². The Hall–Kier alpha value is -3.95. The summed E-state index contributed by atoms with van der Waals surface area (Å²) in [5.41, 5.74) is 1.57. The monoisotopic (exact) mass is 496 g/mol. The number of pyridine rings is 1. The van der Waals surface area contributed by atoms with Gasteiger partial charge in [-0.2, -0.15) is 13.2 Å². The predicted molar refractivity (Wildman–Crippen MR) is 130 cm³/mol. The van der Waals surface area contributed by atoms with E-state index in [9.17, 15) is 23.1 Å². The first-order valence-corrected chi connectivity index (χ1v) is 11.1. The first kappa shape index (κ1) is 25.2. The number of aliphatic hydroxyl groups is 2. The topological polar surface area (TPSA) is 91.7 Å². The maximum atomic E-state index is 13.1. The minimum atomic E-state index is -4.46. The molecule has 0 aliphatic rings. The molecule has 3 aromatic carbocycles. The van der Waals surface area contributed by atoms with Crippen LogP contribution in [0.15, 0.2) is 78.9 Å². The number of amides is 1. The van der Waals surface area contributed by atoms with Gasteiger partial charge >= 0.3 is 6.18 Å². The highest BCUT2D eigenvalue weighted by molar-refractivity contribution is 5.95. The van der Waals surface area contributed by atoms with Crippen molar-refractivity contribution in [1.82, 2.24) is 4.98 Å². The third kappa shape index (κ3) is 6.18. The lowest BCUT2D eigenvalue weighted by Crippen LogP contribution is -2.21. The van der Waals surface area contributed by atoms with Crippen LogP contribution >= 0.6 is 0 Å². The van der Waals surface area contributed by atoms with Crippen LogP contribution in [0.1, 0.15) is 11.1 Å². The molecule has 3 N–H and O–H groups in total. The number of nitrogens with one attached hydrogen (secondary N) is 1. The Balaban J connectivity index is 1.54. The Bertz CT molecular complexity index is 1370. The number of nitrogens with zero attached hydrogens (tertiary/aromatic N) is 1. The summed E-state index contributed by atoms with van der Waals surface area (Å²) in [5, 5.41) is 21.9. The van der Waals surface area contributed by atoms with Crippen molar-refractivity contribution in [2.45, 2.75) is 18.7 Å². The molecule has 0 saturated carbocycles. The van der Waals surface area contributed by atoms with Crippen LogP contribution in [0.25, 0.3) is 22.2 Å². The minimum absolute atomic E-state index is 0.00923. The number of ether oxygens (including phenoxy) is 1. The number of alkyl halides is 3. The van der Waals surface area contributed by atoms with Gasteiger partial charge in [0.05, 0.1) is 29.8 Å². The Morgan fingerprint density at radius 2 is 1.78 bits per heavy atom. The number of aliphatic hydroxyl groups excluding tert-OH is 2. The molecule has 4 aromatic rings. The molecule has 1 amide bonds. The van der Waals surface area contributed by atoms with Crippen LogP contribution in [0.3, 0.4) is 0 Å². The lowest BCUT2D eigenvalue weighted by molar-refractivity contribution is -0.137. The van der Waals surface area contributed by atoms with Crippen molar-refractivity contribution in [1.29, 1.82) is 0 Å². The van der Waals surface area contributed by atoms with Gasteiger partial charge in [0.15, 0.2) is 0 Å². The smallest absolute Gasteiger partial charge is 0.416 e. The SMILES string of the molecule is O=C(Cc1cccc2ccc(-c3cccc(C(F)(F)F)c3)nc12)Nc1cccc(OC[C@@H](O)CO)c1. The molecule has 0 unspecified atom stereocenters. The first-order chi connectivity index (χ1) is 17.2. The number of carbonyl (C=O) groups excluding carboxylic acids is 1. The van der Waals surface area contributed by atoms with Crippen LogP contribution in [-0.4, -0.2) is 40.4 Å². The van der Waals surface area contributed by atoms with Crippen molar-refractivity contribution in [2.24, 2.45) is 0 Å². The maximum absolute atomic E-state index is 13.1. The standard InChI is InChI=1S/C27H23F3N2O4/c28-27(29,30)20-7-2-5-18(12-20)24-11-10-17-4-1-6-19(26(17)32-24)13-25(35)31-21-8-3-9-23(14-21)36-16-22(34)15-33/h1-12,14,22,33-34H,13,15-16H2,(H,31,35)/t22-/m0/s1. The van der Waals surface area contributed by atoms with E-state index in [-0.39, 0.29) is 18.9 Å². The van der Waals surface area contributed by atoms with Crippen LogP contribution < -0.4 is 10.1 Å². The van der Waals surface area contributed by atoms with Crippen molar-refractivity contribution in [2.75, 3.05) is 18.5 Å². The highest BCUT2D eigenvalue weighted by Gasteiger charge is 2.30. The lowest BCUT2D eigenvalue weighted by Gasteiger charge is -2.12. The molecule has 0 aliphatic carbocycles. The number of carbonyl (C=O) groups is 1. The fraction of sp³-hybridized carbons (Fsp3) is 0.185. The van der Waals surface area contributed by atoms with Gasteiger partial charge in [-0.05, 0) is 35.9 Å². The summed E-state index contributed by atoms with van der Waals surface area (Å²) >= 11 is 0. The quantitative estimate of drug-likeness (QED) is 0.325. The molecule has 0 radical (unpaired) electrons. The maximum Gasteiger partial charge on any atom is 0.416 e. The van der Waals surface area contributed by atoms with E-state index in [0.717, 1.165) is 17.5 Å². The van der Waals surface area contributed by atoms with Crippen molar-refractivity contribution >= 4 is 22.5 Å². The van der Waals surface area contributed by atoms with E-state index < -0.39 is 24.5 Å². The van der Waals surface area contributed by atoms with Gasteiger partial charge in [-0.1, -0.05) is 42.5 Å². The number of fused-ring (bicyclic) bond motifs is 1. The molecule has 1 atom stereocenters. The van der Waals surface area contributed by atoms with Gasteiger partial charge in [0.25, 0.3) is 0 Å². The van der Waals surface area contributed by atoms with E-state index in [4.69, 9.17) is 9.84 Å². The third-order valence-corrected chi connectivity index (χ3v) is 5.41. The van der Waals surface area contributed by atoms with Gasteiger partial charge in [-0.15, -0.1) is 0 Å². The summed E-state index contributed by atoms with van der Waals surface area (Å²) in [6, 6.07) is 20.4. The van der Waals surface area contributed by atoms with E-state index >= 15 is 0 Å². The number of rotatable bonds is 8. The molecule has 36 heavy (non-hydrogen) atoms. The van der Waals surface area contributed by atoms with Crippen LogP contribution in [0.2, 0.25) is 0 Å². The first-order valence-electron chi connectivity index (χ1n) is 11.1. The molecule has 9 heteroatoms. The number of aromatic nitrogens is 1. The number of anilines is 1. The van der Waals surface area contributed by atoms with Gasteiger partial charge in [0, 0.05) is 22.7 Å². The van der Waals surface area contributed by atoms with Crippen molar-refractivity contribution < 1.29 is 32.9 Å². The molecule has 0 bridgehead atoms. The molecule has 0 fully saturated rings. The molecule has 0 saturated heterocycles. The summed E-state index contributed by atoms with van der Waals surface area (Å²) in [6.45, 7) is -0.519. The number of para-hydroxylation sites is 1. The number of hydrogen-bond acceptors (Lipinski definition) is 5. The van der Waals surface area contributed by atoms with E-state index in [1.807, 2.05) is 6.07 Å². The molecule has 0 aliphatic heterocycles. The Kier molecular flexibility index (Phi) is 7.52. The average Bonchev–Trinajstić information content (AvgIpc) is 2.87. The molecular weight excluding hydrogens is 473 g/mol. The average molecular weight is 496 g/mol. The molecule has 1 aromatic heterocycles. The van der Waals surface area contributed by atoms with Crippen molar-refractivity contribution in [3.63, 3.8) is 0 Å². The largest absolute Gasteiger partial charge is 0.491 e. The Labute approximate surface area is 205 Å². The summed E-state index contributed by atoms with van der Waals surface area (Å²) in [6.07, 6.45) is -5.48. The second-order valence-corrected chi connectivity index (χ2v) is 8.16. The molecule has 1 heterocycles. The van der Waals surface area contributed by atoms with Crippen molar-refractivity contribution in [3.8, 4) is 17.0 Å². The van der Waals surface area contributed by atoms with E-state index in [2.05, 4.69) is 10.3 Å². The van der Waals surface area contributed by atoms with Gasteiger partial charge in [-0.25, -0.2) is 4.98 Å². The van der Waals surface area contributed by atoms with E-state index in [0.29, 0.717) is 33.8 Å². The summed E-state index contributed by atoms with van der Waals surface area (Å²) in [5.74, 6) is 0.0965. The fourth-order valence-electron chi connectivity index (χ4n) is 3.65. The Morgan fingerprint density at radius 3 is 2.56 bits per heavy atom. The number of hydrogen-bond donors (Lipinski definition) is 3. The van der Waals surface area contributed by atoms with Crippen LogP contribution in [0.5, 0.6) is 5.75 Å². The minimum Gasteiger partial charge on any atom is -0.491 e. The van der Waals surface area contributed by atoms with Crippen LogP contribution in [-0.2, 0) is 17.4 Å². The Morgan fingerprint density at radius 1 is 1.00 bits per heavy atom.